The van der Waals surface area contributed by atoms with Crippen molar-refractivity contribution in [2.75, 3.05) is 24.4 Å². The molecule has 3 aromatic carbocycles. The van der Waals surface area contributed by atoms with Crippen molar-refractivity contribution in [1.82, 2.24) is 10.9 Å². The van der Waals surface area contributed by atoms with Crippen LogP contribution in [0.2, 0.25) is 5.02 Å². The Balaban J connectivity index is 1.71. The predicted octanol–water partition coefficient (Wildman–Crippen LogP) is 4.94. The number of carbonyl (C=O) groups is 2. The zero-order valence-electron chi connectivity index (χ0n) is 16.9. The number of ether oxygens (including phenoxy) is 2. The Bertz CT molecular complexity index is 1010. The van der Waals surface area contributed by atoms with Gasteiger partial charge in [0.1, 0.15) is 11.5 Å². The summed E-state index contributed by atoms with van der Waals surface area (Å²) in [6.45, 7) is 0. The molecule has 0 unspecified atom stereocenters. The van der Waals surface area contributed by atoms with Crippen LogP contribution in [-0.4, -0.2) is 26.3 Å². The van der Waals surface area contributed by atoms with Crippen molar-refractivity contribution in [3.8, 4) is 11.5 Å². The third-order valence-electron chi connectivity index (χ3n) is 4.24. The first kappa shape index (κ1) is 21.8. The van der Waals surface area contributed by atoms with Gasteiger partial charge in [-0.2, -0.15) is 0 Å². The molecule has 0 heterocycles. The van der Waals surface area contributed by atoms with Crippen LogP contribution in [0.1, 0.15) is 0 Å². The molecule has 0 aliphatic heterocycles. The van der Waals surface area contributed by atoms with Crippen molar-refractivity contribution >= 4 is 40.7 Å². The van der Waals surface area contributed by atoms with Gasteiger partial charge in [0.25, 0.3) is 0 Å². The van der Waals surface area contributed by atoms with Crippen molar-refractivity contribution < 1.29 is 19.1 Å². The van der Waals surface area contributed by atoms with Gasteiger partial charge >= 0.3 is 12.1 Å². The molecule has 0 aromatic heterocycles. The van der Waals surface area contributed by atoms with Crippen LogP contribution in [0.3, 0.4) is 0 Å². The average molecular weight is 441 g/mol. The lowest BCUT2D eigenvalue weighted by atomic mass is 10.2. The van der Waals surface area contributed by atoms with Crippen molar-refractivity contribution in [3.05, 3.63) is 77.8 Å². The van der Waals surface area contributed by atoms with Crippen LogP contribution in [0.15, 0.2) is 72.8 Å². The monoisotopic (exact) mass is 440 g/mol. The van der Waals surface area contributed by atoms with Gasteiger partial charge in [-0.3, -0.25) is 4.90 Å². The second-order valence-electron chi connectivity index (χ2n) is 6.20. The third kappa shape index (κ3) is 5.37. The maximum atomic E-state index is 12.9. The van der Waals surface area contributed by atoms with Crippen molar-refractivity contribution in [2.45, 2.75) is 0 Å². The molecule has 3 aromatic rings. The zero-order chi connectivity index (χ0) is 22.2. The van der Waals surface area contributed by atoms with Gasteiger partial charge in [-0.25, -0.2) is 20.4 Å². The minimum absolute atomic E-state index is 0.293. The van der Waals surface area contributed by atoms with E-state index in [1.807, 2.05) is 36.4 Å². The third-order valence-corrected chi connectivity index (χ3v) is 4.53. The fraction of sp³-hybridized carbons (Fsp3) is 0.0909. The largest absolute Gasteiger partial charge is 0.495 e. The van der Waals surface area contributed by atoms with Gasteiger partial charge in [0.15, 0.2) is 0 Å². The lowest BCUT2D eigenvalue weighted by Gasteiger charge is -2.23. The van der Waals surface area contributed by atoms with Gasteiger partial charge in [-0.1, -0.05) is 48.0 Å². The lowest BCUT2D eigenvalue weighted by Crippen LogP contribution is -2.48. The highest BCUT2D eigenvalue weighted by molar-refractivity contribution is 6.32. The van der Waals surface area contributed by atoms with E-state index in [1.165, 1.54) is 25.2 Å². The van der Waals surface area contributed by atoms with E-state index < -0.39 is 12.1 Å². The van der Waals surface area contributed by atoms with Gasteiger partial charge in [0.2, 0.25) is 0 Å². The summed E-state index contributed by atoms with van der Waals surface area (Å²) in [6.07, 6.45) is 0. The fourth-order valence-corrected chi connectivity index (χ4v) is 3.06. The Morgan fingerprint density at radius 3 is 1.87 bits per heavy atom. The minimum atomic E-state index is -0.686. The smallest absolute Gasteiger partial charge is 0.345 e. The first-order valence-electron chi connectivity index (χ1n) is 9.22. The van der Waals surface area contributed by atoms with E-state index in [0.29, 0.717) is 33.6 Å². The highest BCUT2D eigenvalue weighted by Gasteiger charge is 2.19. The van der Waals surface area contributed by atoms with Crippen molar-refractivity contribution in [3.63, 3.8) is 0 Å². The average Bonchev–Trinajstić information content (AvgIpc) is 2.79. The van der Waals surface area contributed by atoms with Crippen LogP contribution < -0.4 is 30.5 Å². The summed E-state index contributed by atoms with van der Waals surface area (Å²) in [5, 5.41) is 2.87. The number of carbonyl (C=O) groups excluding carboxylic acids is 2. The quantitative estimate of drug-likeness (QED) is 0.490. The maximum absolute atomic E-state index is 12.9. The van der Waals surface area contributed by atoms with Gasteiger partial charge in [0, 0.05) is 6.07 Å². The molecule has 0 radical (unpaired) electrons. The van der Waals surface area contributed by atoms with Crippen LogP contribution in [0, 0.1) is 0 Å². The Hall–Kier alpha value is -3.91. The molecule has 0 aliphatic carbocycles. The number of para-hydroxylation sites is 2. The molecule has 4 amide bonds. The molecule has 0 bridgehead atoms. The molecule has 0 aliphatic rings. The van der Waals surface area contributed by atoms with E-state index in [0.717, 1.165) is 0 Å². The Kier molecular flexibility index (Phi) is 7.18. The fourth-order valence-electron chi connectivity index (χ4n) is 2.82. The normalized spacial score (nSPS) is 10.0. The lowest BCUT2D eigenvalue weighted by molar-refractivity contribution is 0.235. The predicted molar refractivity (Wildman–Crippen MR) is 120 cm³/mol. The molecule has 0 spiro atoms. The number of amides is 4. The summed E-state index contributed by atoms with van der Waals surface area (Å²) >= 11 is 6.12. The number of hydrogen-bond acceptors (Lipinski definition) is 4. The molecular formula is C22H21ClN4O4. The molecule has 3 N–H and O–H groups in total. The van der Waals surface area contributed by atoms with E-state index in [2.05, 4.69) is 16.2 Å². The zero-order valence-corrected chi connectivity index (χ0v) is 17.6. The molecule has 8 nitrogen and oxygen atoms in total. The van der Waals surface area contributed by atoms with E-state index in [4.69, 9.17) is 21.1 Å². The number of nitrogens with one attached hydrogen (secondary N) is 3. The topological polar surface area (TPSA) is 91.9 Å². The van der Waals surface area contributed by atoms with E-state index in [1.54, 1.807) is 30.3 Å². The molecule has 9 heteroatoms. The number of hydrazine groups is 1. The van der Waals surface area contributed by atoms with Crippen LogP contribution in [0.25, 0.3) is 0 Å². The summed E-state index contributed by atoms with van der Waals surface area (Å²) < 4.78 is 10.4. The van der Waals surface area contributed by atoms with Crippen LogP contribution in [-0.2, 0) is 0 Å². The first-order chi connectivity index (χ1) is 15.0. The second-order valence-corrected chi connectivity index (χ2v) is 6.61. The molecule has 3 rings (SSSR count). The van der Waals surface area contributed by atoms with Gasteiger partial charge < -0.3 is 14.8 Å². The van der Waals surface area contributed by atoms with Crippen LogP contribution in [0.4, 0.5) is 26.7 Å². The molecule has 0 saturated heterocycles. The van der Waals surface area contributed by atoms with Gasteiger partial charge in [-0.15, -0.1) is 0 Å². The van der Waals surface area contributed by atoms with Crippen molar-refractivity contribution in [2.24, 2.45) is 0 Å². The number of halogens is 1. The number of rotatable bonds is 5. The van der Waals surface area contributed by atoms with Crippen molar-refractivity contribution in [1.29, 1.82) is 0 Å². The summed E-state index contributed by atoms with van der Waals surface area (Å²) in [5.74, 6) is 0.747. The number of nitrogens with zero attached hydrogens (tertiary/aromatic N) is 1. The highest BCUT2D eigenvalue weighted by atomic mass is 35.5. The maximum Gasteiger partial charge on any atom is 0.345 e. The van der Waals surface area contributed by atoms with Crippen LogP contribution >= 0.6 is 11.6 Å². The second kappa shape index (κ2) is 10.2. The van der Waals surface area contributed by atoms with E-state index >= 15 is 0 Å². The van der Waals surface area contributed by atoms with E-state index in [9.17, 15) is 9.59 Å². The molecule has 0 fully saturated rings. The number of benzene rings is 3. The Morgan fingerprint density at radius 1 is 0.806 bits per heavy atom. The first-order valence-corrected chi connectivity index (χ1v) is 9.60. The number of urea groups is 2. The SMILES string of the molecule is COc1cc(OC)c(NC(=O)NNC(=O)N(c2ccccc2)c2ccccc2)cc1Cl. The van der Waals surface area contributed by atoms with Gasteiger partial charge in [-0.05, 0) is 30.3 Å². The number of anilines is 3. The minimum Gasteiger partial charge on any atom is -0.495 e. The number of hydrogen-bond donors (Lipinski definition) is 3. The summed E-state index contributed by atoms with van der Waals surface area (Å²) in [6, 6.07) is 19.9. The molecule has 31 heavy (non-hydrogen) atoms. The van der Waals surface area contributed by atoms with E-state index in [-0.39, 0.29) is 0 Å². The molecular weight excluding hydrogens is 420 g/mol. The summed E-state index contributed by atoms with van der Waals surface area (Å²) in [5.41, 5.74) is 6.31. The Morgan fingerprint density at radius 2 is 1.35 bits per heavy atom. The van der Waals surface area contributed by atoms with Gasteiger partial charge in [0.05, 0.1) is 36.3 Å². The highest BCUT2D eigenvalue weighted by Crippen LogP contribution is 2.35. The summed E-state index contributed by atoms with van der Waals surface area (Å²) in [4.78, 5) is 26.7. The molecule has 160 valence electrons. The molecule has 0 atom stereocenters. The standard InChI is InChI=1S/C22H21ClN4O4/c1-30-19-14-20(31-2)18(13-17(19)23)24-21(28)25-26-22(29)27(15-9-5-3-6-10-15)16-11-7-4-8-12-16/h3-14H,1-2H3,(H,26,29)(H2,24,25,28). The number of methoxy groups -OCH3 is 2. The van der Waals surface area contributed by atoms with Crippen LogP contribution in [0.5, 0.6) is 11.5 Å². The molecule has 0 saturated carbocycles. The Labute approximate surface area is 184 Å². The summed E-state index contributed by atoms with van der Waals surface area (Å²) in [7, 11) is 2.92.